The van der Waals surface area contributed by atoms with Gasteiger partial charge in [0.25, 0.3) is 5.91 Å². The summed E-state index contributed by atoms with van der Waals surface area (Å²) in [5, 5.41) is 0. The second-order valence-electron chi connectivity index (χ2n) is 5.35. The van der Waals surface area contributed by atoms with Gasteiger partial charge in [-0.25, -0.2) is 4.39 Å². The van der Waals surface area contributed by atoms with Gasteiger partial charge in [-0.05, 0) is 60.1 Å². The largest absolute Gasteiger partial charge is 0.345 e. The molecule has 0 saturated carbocycles. The maximum absolute atomic E-state index is 13.3. The van der Waals surface area contributed by atoms with Gasteiger partial charge < -0.3 is 9.47 Å². The summed E-state index contributed by atoms with van der Waals surface area (Å²) in [6.45, 7) is 5.57. The van der Waals surface area contributed by atoms with Crippen LogP contribution in [-0.4, -0.2) is 21.9 Å². The Bertz CT molecular complexity index is 710. The lowest BCUT2D eigenvalue weighted by Gasteiger charge is -2.35. The van der Waals surface area contributed by atoms with Crippen LogP contribution in [0, 0.1) is 12.7 Å². The van der Waals surface area contributed by atoms with Crippen molar-refractivity contribution in [2.45, 2.75) is 26.4 Å². The van der Waals surface area contributed by atoms with E-state index in [4.69, 9.17) is 0 Å². The Morgan fingerprint density at radius 1 is 1.29 bits per heavy atom. The van der Waals surface area contributed by atoms with Crippen LogP contribution in [0.4, 0.5) is 4.39 Å². The first-order valence-electron chi connectivity index (χ1n) is 6.91. The van der Waals surface area contributed by atoms with Crippen LogP contribution in [0.1, 0.15) is 34.7 Å². The SMILES string of the molecule is Cc1ccc2n1CCN(C(=O)c1ccc(F)c(Br)c1)C2C. The third-order valence-electron chi connectivity index (χ3n) is 4.12. The fourth-order valence-corrected chi connectivity index (χ4v) is 3.27. The second-order valence-corrected chi connectivity index (χ2v) is 6.21. The number of hydrogen-bond acceptors (Lipinski definition) is 1. The minimum atomic E-state index is -0.359. The monoisotopic (exact) mass is 350 g/mol. The highest BCUT2D eigenvalue weighted by Gasteiger charge is 2.29. The molecule has 2 aromatic rings. The number of benzene rings is 1. The molecule has 0 N–H and O–H groups in total. The predicted octanol–water partition coefficient (Wildman–Crippen LogP) is 3.92. The molecule has 0 bridgehead atoms. The summed E-state index contributed by atoms with van der Waals surface area (Å²) in [5.74, 6) is -0.420. The normalized spacial score (nSPS) is 17.7. The summed E-state index contributed by atoms with van der Waals surface area (Å²) in [7, 11) is 0. The van der Waals surface area contributed by atoms with Gasteiger partial charge >= 0.3 is 0 Å². The van der Waals surface area contributed by atoms with Gasteiger partial charge in [0.1, 0.15) is 5.82 Å². The fraction of sp³-hybridized carbons (Fsp3) is 0.312. The number of carbonyl (C=O) groups is 1. The van der Waals surface area contributed by atoms with Gasteiger partial charge in [-0.2, -0.15) is 0 Å². The molecule has 1 aliphatic heterocycles. The summed E-state index contributed by atoms with van der Waals surface area (Å²) in [4.78, 5) is 14.5. The quantitative estimate of drug-likeness (QED) is 0.765. The Balaban J connectivity index is 1.91. The first-order valence-corrected chi connectivity index (χ1v) is 7.70. The zero-order valence-electron chi connectivity index (χ0n) is 11.9. The molecule has 0 spiro atoms. The lowest BCUT2D eigenvalue weighted by molar-refractivity contribution is 0.0642. The van der Waals surface area contributed by atoms with Gasteiger partial charge in [-0.1, -0.05) is 0 Å². The lowest BCUT2D eigenvalue weighted by Crippen LogP contribution is -2.41. The molecule has 0 aliphatic carbocycles. The Hall–Kier alpha value is -1.62. The van der Waals surface area contributed by atoms with E-state index in [-0.39, 0.29) is 17.8 Å². The summed E-state index contributed by atoms with van der Waals surface area (Å²) in [6.07, 6.45) is 0. The van der Waals surface area contributed by atoms with Gasteiger partial charge in [-0.15, -0.1) is 0 Å². The van der Waals surface area contributed by atoms with E-state index in [1.54, 1.807) is 6.07 Å². The number of rotatable bonds is 1. The molecule has 0 fully saturated rings. The summed E-state index contributed by atoms with van der Waals surface area (Å²) < 4.78 is 15.9. The molecular formula is C16H16BrFN2O. The maximum atomic E-state index is 13.3. The van der Waals surface area contributed by atoms with Crippen molar-refractivity contribution < 1.29 is 9.18 Å². The minimum absolute atomic E-state index is 0.0174. The van der Waals surface area contributed by atoms with Crippen LogP contribution in [-0.2, 0) is 6.54 Å². The van der Waals surface area contributed by atoms with Crippen LogP contribution in [0.5, 0.6) is 0 Å². The van der Waals surface area contributed by atoms with Crippen LogP contribution >= 0.6 is 15.9 Å². The number of carbonyl (C=O) groups excluding carboxylic acids is 1. The van der Waals surface area contributed by atoms with Crippen molar-refractivity contribution in [1.29, 1.82) is 0 Å². The number of aromatic nitrogens is 1. The van der Waals surface area contributed by atoms with Crippen LogP contribution in [0.2, 0.25) is 0 Å². The maximum Gasteiger partial charge on any atom is 0.254 e. The second kappa shape index (κ2) is 5.30. The average Bonchev–Trinajstić information content (AvgIpc) is 2.84. The molecule has 1 aromatic heterocycles. The van der Waals surface area contributed by atoms with Crippen LogP contribution in [0.3, 0.4) is 0 Å². The van der Waals surface area contributed by atoms with Crippen molar-refractivity contribution in [1.82, 2.24) is 9.47 Å². The first kappa shape index (κ1) is 14.3. The molecule has 1 aliphatic rings. The zero-order valence-corrected chi connectivity index (χ0v) is 13.5. The Morgan fingerprint density at radius 2 is 2.05 bits per heavy atom. The van der Waals surface area contributed by atoms with E-state index in [1.165, 1.54) is 17.8 Å². The Labute approximate surface area is 131 Å². The van der Waals surface area contributed by atoms with E-state index in [2.05, 4.69) is 39.6 Å². The highest BCUT2D eigenvalue weighted by atomic mass is 79.9. The first-order chi connectivity index (χ1) is 9.99. The molecule has 1 amide bonds. The molecule has 110 valence electrons. The third kappa shape index (κ3) is 2.39. The van der Waals surface area contributed by atoms with E-state index < -0.39 is 0 Å². The minimum Gasteiger partial charge on any atom is -0.345 e. The number of fused-ring (bicyclic) bond motifs is 1. The molecule has 0 saturated heterocycles. The summed E-state index contributed by atoms with van der Waals surface area (Å²) in [5.41, 5.74) is 2.87. The molecule has 2 heterocycles. The summed E-state index contributed by atoms with van der Waals surface area (Å²) in [6, 6.07) is 8.56. The van der Waals surface area contributed by atoms with Crippen molar-refractivity contribution in [3.05, 3.63) is 57.6 Å². The van der Waals surface area contributed by atoms with Crippen molar-refractivity contribution >= 4 is 21.8 Å². The predicted molar refractivity (Wildman–Crippen MR) is 82.7 cm³/mol. The highest BCUT2D eigenvalue weighted by Crippen LogP contribution is 2.29. The molecular weight excluding hydrogens is 335 g/mol. The Kier molecular flexibility index (Phi) is 3.61. The standard InChI is InChI=1S/C16H16BrFN2O/c1-10-3-6-15-11(2)20(8-7-19(10)15)16(21)12-4-5-14(18)13(17)9-12/h3-6,9,11H,7-8H2,1-2H3. The van der Waals surface area contributed by atoms with Crippen molar-refractivity contribution in [3.8, 4) is 0 Å². The molecule has 3 nitrogen and oxygen atoms in total. The number of halogens is 2. The van der Waals surface area contributed by atoms with Crippen molar-refractivity contribution in [3.63, 3.8) is 0 Å². The van der Waals surface area contributed by atoms with Gasteiger partial charge in [0, 0.05) is 30.0 Å². The lowest BCUT2D eigenvalue weighted by atomic mass is 10.1. The van der Waals surface area contributed by atoms with E-state index in [9.17, 15) is 9.18 Å². The topological polar surface area (TPSA) is 25.2 Å². The molecule has 1 aromatic carbocycles. The van der Waals surface area contributed by atoms with Gasteiger partial charge in [0.2, 0.25) is 0 Å². The Morgan fingerprint density at radius 3 is 2.76 bits per heavy atom. The fourth-order valence-electron chi connectivity index (χ4n) is 2.89. The van der Waals surface area contributed by atoms with Gasteiger partial charge in [-0.3, -0.25) is 4.79 Å². The molecule has 1 atom stereocenters. The number of aryl methyl sites for hydroxylation is 1. The van der Waals surface area contributed by atoms with Gasteiger partial charge in [0.15, 0.2) is 0 Å². The van der Waals surface area contributed by atoms with E-state index in [1.807, 2.05) is 11.8 Å². The average molecular weight is 351 g/mol. The highest BCUT2D eigenvalue weighted by molar-refractivity contribution is 9.10. The van der Waals surface area contributed by atoms with Crippen LogP contribution < -0.4 is 0 Å². The smallest absolute Gasteiger partial charge is 0.254 e. The number of hydrogen-bond donors (Lipinski definition) is 0. The van der Waals surface area contributed by atoms with Crippen LogP contribution in [0.25, 0.3) is 0 Å². The molecule has 1 unspecified atom stereocenters. The third-order valence-corrected chi connectivity index (χ3v) is 4.73. The van der Waals surface area contributed by atoms with E-state index >= 15 is 0 Å². The molecule has 0 radical (unpaired) electrons. The van der Waals surface area contributed by atoms with Crippen molar-refractivity contribution in [2.24, 2.45) is 0 Å². The zero-order chi connectivity index (χ0) is 15.1. The van der Waals surface area contributed by atoms with Crippen LogP contribution in [0.15, 0.2) is 34.8 Å². The molecule has 21 heavy (non-hydrogen) atoms. The molecule has 5 heteroatoms. The van der Waals surface area contributed by atoms with Gasteiger partial charge in [0.05, 0.1) is 10.5 Å². The van der Waals surface area contributed by atoms with E-state index in [0.29, 0.717) is 16.6 Å². The number of amides is 1. The van der Waals surface area contributed by atoms with Crippen molar-refractivity contribution in [2.75, 3.05) is 6.54 Å². The van der Waals surface area contributed by atoms with E-state index in [0.717, 1.165) is 12.2 Å². The summed E-state index contributed by atoms with van der Waals surface area (Å²) >= 11 is 3.13. The molecule has 3 rings (SSSR count). The number of nitrogens with zero attached hydrogens (tertiary/aromatic N) is 2.